The summed E-state index contributed by atoms with van der Waals surface area (Å²) in [6, 6.07) is 3.18. The summed E-state index contributed by atoms with van der Waals surface area (Å²) in [5, 5.41) is 9.22. The number of halogens is 6. The lowest BCUT2D eigenvalue weighted by atomic mass is 10.1. The molecule has 2 rings (SSSR count). The van der Waals surface area contributed by atoms with Crippen molar-refractivity contribution in [2.45, 2.75) is 26.1 Å². The molecule has 0 saturated carbocycles. The molecule has 156 valence electrons. The van der Waals surface area contributed by atoms with Gasteiger partial charge in [-0.1, -0.05) is 0 Å². The van der Waals surface area contributed by atoms with Gasteiger partial charge >= 0.3 is 6.18 Å². The molecule has 0 spiro atoms. The molecule has 5 nitrogen and oxygen atoms in total. The smallest absolute Gasteiger partial charge is 0.357 e. The van der Waals surface area contributed by atoms with Gasteiger partial charge in [0, 0.05) is 31.9 Å². The monoisotopic (exact) mass is 517 g/mol. The Morgan fingerprint density at radius 3 is 2.54 bits per heavy atom. The molecule has 1 aromatic heterocycles. The summed E-state index contributed by atoms with van der Waals surface area (Å²) >= 11 is 0. The van der Waals surface area contributed by atoms with Gasteiger partial charge in [0.25, 0.3) is 0 Å². The lowest BCUT2D eigenvalue weighted by Gasteiger charge is -2.12. The Morgan fingerprint density at radius 2 is 1.89 bits per heavy atom. The van der Waals surface area contributed by atoms with E-state index in [1.807, 2.05) is 0 Å². The van der Waals surface area contributed by atoms with Crippen LogP contribution in [0.5, 0.6) is 0 Å². The number of alkyl halides is 3. The highest BCUT2D eigenvalue weighted by molar-refractivity contribution is 14.0. The van der Waals surface area contributed by atoms with Crippen molar-refractivity contribution in [3.63, 3.8) is 0 Å². The first-order valence-electron chi connectivity index (χ1n) is 8.26. The minimum Gasteiger partial charge on any atom is -0.357 e. The summed E-state index contributed by atoms with van der Waals surface area (Å²) in [6.45, 7) is 2.28. The number of benzene rings is 1. The molecular formula is C17H21F5IN5. The van der Waals surface area contributed by atoms with Gasteiger partial charge in [0.1, 0.15) is 11.6 Å². The number of nitrogens with one attached hydrogen (secondary N) is 2. The summed E-state index contributed by atoms with van der Waals surface area (Å²) in [7, 11) is 1.40. The molecule has 1 heterocycles. The van der Waals surface area contributed by atoms with Crippen LogP contribution in [-0.2, 0) is 26.2 Å². The number of rotatable bonds is 6. The maximum Gasteiger partial charge on any atom is 0.435 e. The standard InChI is InChI=1S/C17H20F5N5.HI/c1-3-23-16(24-7-6-11-8-13(18)4-5-14(11)19)25-9-12-10-27(2)26-15(12)17(20,21)22;/h4-5,8,10H,3,6-7,9H2,1-2H3,(H2,23,24,25);1H. The van der Waals surface area contributed by atoms with E-state index in [0.717, 1.165) is 22.9 Å². The minimum absolute atomic E-state index is 0. The van der Waals surface area contributed by atoms with Crippen molar-refractivity contribution in [1.82, 2.24) is 20.4 Å². The minimum atomic E-state index is -4.56. The highest BCUT2D eigenvalue weighted by atomic mass is 127. The number of aromatic nitrogens is 2. The third kappa shape index (κ3) is 6.91. The summed E-state index contributed by atoms with van der Waals surface area (Å²) in [5.41, 5.74) is -0.838. The molecule has 0 atom stereocenters. The van der Waals surface area contributed by atoms with Gasteiger partial charge in [0.15, 0.2) is 11.7 Å². The average Bonchev–Trinajstić information content (AvgIpc) is 2.97. The Morgan fingerprint density at radius 1 is 1.18 bits per heavy atom. The molecule has 2 aromatic rings. The molecule has 1 aromatic carbocycles. The third-order valence-electron chi connectivity index (χ3n) is 3.62. The first-order valence-corrected chi connectivity index (χ1v) is 8.26. The van der Waals surface area contributed by atoms with Crippen molar-refractivity contribution < 1.29 is 22.0 Å². The normalized spacial score (nSPS) is 11.9. The van der Waals surface area contributed by atoms with Crippen LogP contribution in [0.25, 0.3) is 0 Å². The second kappa shape index (κ2) is 10.6. The van der Waals surface area contributed by atoms with Crippen molar-refractivity contribution >= 4 is 29.9 Å². The van der Waals surface area contributed by atoms with Crippen LogP contribution in [0.4, 0.5) is 22.0 Å². The first kappa shape index (κ1) is 24.1. The van der Waals surface area contributed by atoms with E-state index in [0.29, 0.717) is 6.54 Å². The molecule has 0 aliphatic rings. The maximum atomic E-state index is 13.6. The van der Waals surface area contributed by atoms with Crippen LogP contribution in [-0.4, -0.2) is 28.8 Å². The third-order valence-corrected chi connectivity index (χ3v) is 3.62. The van der Waals surface area contributed by atoms with Crippen molar-refractivity contribution in [2.24, 2.45) is 12.0 Å². The Labute approximate surface area is 176 Å². The van der Waals surface area contributed by atoms with Gasteiger partial charge in [-0.15, -0.1) is 24.0 Å². The van der Waals surface area contributed by atoms with E-state index in [1.165, 1.54) is 13.2 Å². The molecule has 2 N–H and O–H groups in total. The first-order chi connectivity index (χ1) is 12.7. The SMILES string of the molecule is CCNC(=NCc1cn(C)nc1C(F)(F)F)NCCc1cc(F)ccc1F.I. The van der Waals surface area contributed by atoms with Crippen LogP contribution < -0.4 is 10.6 Å². The Hall–Kier alpha value is -1.92. The molecule has 28 heavy (non-hydrogen) atoms. The molecule has 0 radical (unpaired) electrons. The Balaban J connectivity index is 0.00000392. The molecular weight excluding hydrogens is 496 g/mol. The molecule has 0 fully saturated rings. The van der Waals surface area contributed by atoms with E-state index >= 15 is 0 Å². The fourth-order valence-corrected chi connectivity index (χ4v) is 2.45. The number of hydrogen-bond donors (Lipinski definition) is 2. The topological polar surface area (TPSA) is 54.2 Å². The molecule has 0 aliphatic carbocycles. The highest BCUT2D eigenvalue weighted by Crippen LogP contribution is 2.30. The van der Waals surface area contributed by atoms with Crippen LogP contribution in [0.1, 0.15) is 23.7 Å². The van der Waals surface area contributed by atoms with Gasteiger partial charge in [0.2, 0.25) is 0 Å². The number of nitrogens with zero attached hydrogens (tertiary/aromatic N) is 3. The number of hydrogen-bond acceptors (Lipinski definition) is 2. The number of guanidine groups is 1. The predicted octanol–water partition coefficient (Wildman–Crippen LogP) is 3.63. The maximum absolute atomic E-state index is 13.6. The van der Waals surface area contributed by atoms with Gasteiger partial charge in [-0.3, -0.25) is 4.68 Å². The second-order valence-corrected chi connectivity index (χ2v) is 5.78. The van der Waals surface area contributed by atoms with E-state index in [-0.39, 0.29) is 60.6 Å². The molecule has 0 saturated heterocycles. The van der Waals surface area contributed by atoms with Crippen LogP contribution in [0.15, 0.2) is 29.4 Å². The van der Waals surface area contributed by atoms with E-state index in [9.17, 15) is 22.0 Å². The average molecular weight is 517 g/mol. The zero-order valence-electron chi connectivity index (χ0n) is 15.3. The van der Waals surface area contributed by atoms with Crippen molar-refractivity contribution in [2.75, 3.05) is 13.1 Å². The van der Waals surface area contributed by atoms with E-state index in [1.54, 1.807) is 6.92 Å². The lowest BCUT2D eigenvalue weighted by Crippen LogP contribution is -2.38. The summed E-state index contributed by atoms with van der Waals surface area (Å²) in [6.07, 6.45) is -3.11. The van der Waals surface area contributed by atoms with Crippen molar-refractivity contribution in [1.29, 1.82) is 0 Å². The van der Waals surface area contributed by atoms with Gasteiger partial charge in [0.05, 0.1) is 6.54 Å². The van der Waals surface area contributed by atoms with Gasteiger partial charge < -0.3 is 10.6 Å². The van der Waals surface area contributed by atoms with Gasteiger partial charge in [-0.05, 0) is 37.1 Å². The Bertz CT molecular complexity index is 804. The zero-order valence-corrected chi connectivity index (χ0v) is 17.6. The molecule has 0 aliphatic heterocycles. The molecule has 0 unspecified atom stereocenters. The largest absolute Gasteiger partial charge is 0.435 e. The number of aliphatic imine (C=N–C) groups is 1. The lowest BCUT2D eigenvalue weighted by molar-refractivity contribution is -0.142. The fraction of sp³-hybridized carbons (Fsp3) is 0.412. The molecule has 11 heteroatoms. The number of aryl methyl sites for hydroxylation is 1. The van der Waals surface area contributed by atoms with Crippen LogP contribution >= 0.6 is 24.0 Å². The Kier molecular flexibility index (Phi) is 9.11. The highest BCUT2D eigenvalue weighted by Gasteiger charge is 2.36. The zero-order chi connectivity index (χ0) is 20.0. The quantitative estimate of drug-likeness (QED) is 0.267. The van der Waals surface area contributed by atoms with Crippen molar-refractivity contribution in [3.8, 4) is 0 Å². The van der Waals surface area contributed by atoms with Gasteiger partial charge in [-0.25, -0.2) is 13.8 Å². The predicted molar refractivity (Wildman–Crippen MR) is 107 cm³/mol. The van der Waals surface area contributed by atoms with Crippen LogP contribution in [0.3, 0.4) is 0 Å². The van der Waals surface area contributed by atoms with E-state index in [4.69, 9.17) is 0 Å². The van der Waals surface area contributed by atoms with Crippen LogP contribution in [0, 0.1) is 11.6 Å². The fourth-order valence-electron chi connectivity index (χ4n) is 2.45. The summed E-state index contributed by atoms with van der Waals surface area (Å²) < 4.78 is 66.8. The molecule has 0 bridgehead atoms. The van der Waals surface area contributed by atoms with Gasteiger partial charge in [-0.2, -0.15) is 18.3 Å². The van der Waals surface area contributed by atoms with Crippen molar-refractivity contribution in [3.05, 3.63) is 52.9 Å². The van der Waals surface area contributed by atoms with E-state index in [2.05, 4.69) is 20.7 Å². The summed E-state index contributed by atoms with van der Waals surface area (Å²) in [4.78, 5) is 4.12. The van der Waals surface area contributed by atoms with E-state index < -0.39 is 23.5 Å². The molecule has 0 amide bonds. The summed E-state index contributed by atoms with van der Waals surface area (Å²) in [5.74, 6) is -0.792. The van der Waals surface area contributed by atoms with Crippen LogP contribution in [0.2, 0.25) is 0 Å². The second-order valence-electron chi connectivity index (χ2n) is 5.78.